The van der Waals surface area contributed by atoms with E-state index in [0.717, 1.165) is 13.1 Å². The average Bonchev–Trinajstić information content (AvgIpc) is 2.82. The quantitative estimate of drug-likeness (QED) is 0.762. The molecule has 0 unspecified atom stereocenters. The second kappa shape index (κ2) is 3.00. The fraction of sp³-hybridized carbons (Fsp3) is 0.462. The van der Waals surface area contributed by atoms with E-state index in [-0.39, 0.29) is 11.4 Å². The number of benzene rings is 1. The van der Waals surface area contributed by atoms with Crippen LogP contribution in [0.2, 0.25) is 0 Å². The highest BCUT2D eigenvalue weighted by Crippen LogP contribution is 2.58. The van der Waals surface area contributed by atoms with Crippen LogP contribution in [0.5, 0.6) is 0 Å². The van der Waals surface area contributed by atoms with E-state index < -0.39 is 0 Å². The van der Waals surface area contributed by atoms with Crippen LogP contribution in [-0.2, 0) is 5.41 Å². The molecule has 0 aromatic heterocycles. The molecule has 1 aromatic rings. The Labute approximate surface area is 95.2 Å². The number of nitrogens with two attached hydrogens (primary N) is 1. The van der Waals surface area contributed by atoms with Crippen LogP contribution < -0.4 is 5.73 Å². The van der Waals surface area contributed by atoms with Gasteiger partial charge in [-0.15, -0.1) is 0 Å². The van der Waals surface area contributed by atoms with Crippen molar-refractivity contribution < 1.29 is 4.79 Å². The standard InChI is InChI=1S/C13H16N2O/c1-9-2-4-10(5-3-9)13-6-11(13)7-15(8-13)12(14)16/h2-5,11H,6-8H2,1H3,(H2,14,16)/t11-,13+/m1/s1. The average molecular weight is 216 g/mol. The predicted octanol–water partition coefficient (Wildman–Crippen LogP) is 1.65. The van der Waals surface area contributed by atoms with Gasteiger partial charge in [-0.1, -0.05) is 29.8 Å². The molecule has 1 aromatic carbocycles. The summed E-state index contributed by atoms with van der Waals surface area (Å²) in [5.41, 5.74) is 8.20. The number of primary amides is 1. The Morgan fingerprint density at radius 3 is 2.69 bits per heavy atom. The van der Waals surface area contributed by atoms with Gasteiger partial charge in [0.1, 0.15) is 0 Å². The Morgan fingerprint density at radius 2 is 2.12 bits per heavy atom. The maximum absolute atomic E-state index is 11.1. The number of rotatable bonds is 1. The summed E-state index contributed by atoms with van der Waals surface area (Å²) < 4.78 is 0. The molecule has 1 saturated heterocycles. The molecular weight excluding hydrogens is 200 g/mol. The minimum absolute atomic E-state index is 0.225. The van der Waals surface area contributed by atoms with E-state index in [1.165, 1.54) is 17.5 Å². The summed E-state index contributed by atoms with van der Waals surface area (Å²) in [7, 11) is 0. The second-order valence-electron chi connectivity index (χ2n) is 5.14. The second-order valence-corrected chi connectivity index (χ2v) is 5.14. The van der Waals surface area contributed by atoms with Crippen LogP contribution in [0.4, 0.5) is 4.79 Å². The number of urea groups is 1. The van der Waals surface area contributed by atoms with E-state index >= 15 is 0 Å². The highest BCUT2D eigenvalue weighted by atomic mass is 16.2. The summed E-state index contributed by atoms with van der Waals surface area (Å²) in [6.45, 7) is 3.73. The summed E-state index contributed by atoms with van der Waals surface area (Å²) in [6.07, 6.45) is 1.21. The van der Waals surface area contributed by atoms with Crippen molar-refractivity contribution in [3.8, 4) is 0 Å². The number of hydrogen-bond acceptors (Lipinski definition) is 1. The normalized spacial score (nSPS) is 31.3. The fourth-order valence-electron chi connectivity index (χ4n) is 2.98. The molecule has 1 aliphatic carbocycles. The van der Waals surface area contributed by atoms with Crippen molar-refractivity contribution >= 4 is 6.03 Å². The third-order valence-electron chi connectivity index (χ3n) is 4.08. The van der Waals surface area contributed by atoms with Crippen LogP contribution in [0.3, 0.4) is 0 Å². The molecule has 2 fully saturated rings. The molecule has 1 saturated carbocycles. The van der Waals surface area contributed by atoms with Gasteiger partial charge in [0.2, 0.25) is 0 Å². The maximum Gasteiger partial charge on any atom is 0.314 e. The minimum Gasteiger partial charge on any atom is -0.351 e. The van der Waals surface area contributed by atoms with Crippen LogP contribution in [-0.4, -0.2) is 24.0 Å². The molecule has 2 aliphatic rings. The zero-order valence-electron chi connectivity index (χ0n) is 9.44. The van der Waals surface area contributed by atoms with Crippen molar-refractivity contribution in [3.05, 3.63) is 35.4 Å². The molecule has 0 bridgehead atoms. The van der Waals surface area contributed by atoms with Crippen molar-refractivity contribution in [2.24, 2.45) is 11.7 Å². The van der Waals surface area contributed by atoms with Crippen LogP contribution in [0.15, 0.2) is 24.3 Å². The Bertz CT molecular complexity index is 440. The molecular formula is C13H16N2O. The summed E-state index contributed by atoms with van der Waals surface area (Å²) in [4.78, 5) is 12.9. The van der Waals surface area contributed by atoms with Gasteiger partial charge in [-0.3, -0.25) is 0 Å². The van der Waals surface area contributed by atoms with E-state index in [4.69, 9.17) is 5.73 Å². The van der Waals surface area contributed by atoms with Gasteiger partial charge >= 0.3 is 6.03 Å². The van der Waals surface area contributed by atoms with E-state index in [2.05, 4.69) is 31.2 Å². The third-order valence-corrected chi connectivity index (χ3v) is 4.08. The maximum atomic E-state index is 11.1. The first-order valence-electron chi connectivity index (χ1n) is 5.73. The lowest BCUT2D eigenvalue weighted by Crippen LogP contribution is -2.36. The molecule has 0 spiro atoms. The van der Waals surface area contributed by atoms with Gasteiger partial charge in [0, 0.05) is 18.5 Å². The van der Waals surface area contributed by atoms with Gasteiger partial charge in [0.25, 0.3) is 0 Å². The Balaban J connectivity index is 1.87. The Hall–Kier alpha value is -1.51. The van der Waals surface area contributed by atoms with E-state index in [0.29, 0.717) is 5.92 Å². The fourth-order valence-corrected chi connectivity index (χ4v) is 2.98. The number of amides is 2. The molecule has 0 radical (unpaired) electrons. The summed E-state index contributed by atoms with van der Waals surface area (Å²) in [5.74, 6) is 0.628. The highest BCUT2D eigenvalue weighted by Gasteiger charge is 2.61. The lowest BCUT2D eigenvalue weighted by molar-refractivity contribution is 0.212. The van der Waals surface area contributed by atoms with Crippen molar-refractivity contribution in [2.45, 2.75) is 18.8 Å². The number of piperidine rings is 1. The van der Waals surface area contributed by atoms with Crippen LogP contribution in [0, 0.1) is 12.8 Å². The zero-order valence-corrected chi connectivity index (χ0v) is 9.44. The monoisotopic (exact) mass is 216 g/mol. The van der Waals surface area contributed by atoms with Crippen molar-refractivity contribution in [1.82, 2.24) is 4.90 Å². The Morgan fingerprint density at radius 1 is 1.44 bits per heavy atom. The summed E-state index contributed by atoms with van der Waals surface area (Å²) in [6, 6.07) is 8.40. The molecule has 3 rings (SSSR count). The zero-order chi connectivity index (χ0) is 11.3. The first-order chi connectivity index (χ1) is 7.62. The first kappa shape index (κ1) is 9.70. The van der Waals surface area contributed by atoms with Crippen molar-refractivity contribution in [3.63, 3.8) is 0 Å². The number of nitrogens with zero attached hydrogens (tertiary/aromatic N) is 1. The lowest BCUT2D eigenvalue weighted by Gasteiger charge is -2.19. The third kappa shape index (κ3) is 1.24. The van der Waals surface area contributed by atoms with Crippen molar-refractivity contribution in [2.75, 3.05) is 13.1 Å². The number of likely N-dealkylation sites (tertiary alicyclic amines) is 1. The van der Waals surface area contributed by atoms with Gasteiger partial charge in [0.05, 0.1) is 0 Å². The smallest absolute Gasteiger partial charge is 0.314 e. The molecule has 2 N–H and O–H groups in total. The van der Waals surface area contributed by atoms with Crippen LogP contribution >= 0.6 is 0 Å². The lowest BCUT2D eigenvalue weighted by atomic mass is 9.94. The predicted molar refractivity (Wildman–Crippen MR) is 62.1 cm³/mol. The summed E-state index contributed by atoms with van der Waals surface area (Å²) >= 11 is 0. The number of carbonyl (C=O) groups is 1. The summed E-state index contributed by atoms with van der Waals surface area (Å²) in [5, 5.41) is 0. The van der Waals surface area contributed by atoms with Crippen LogP contribution in [0.1, 0.15) is 17.5 Å². The Kier molecular flexibility index (Phi) is 1.82. The van der Waals surface area contributed by atoms with E-state index in [9.17, 15) is 4.79 Å². The van der Waals surface area contributed by atoms with Gasteiger partial charge in [-0.25, -0.2) is 4.79 Å². The largest absolute Gasteiger partial charge is 0.351 e. The van der Waals surface area contributed by atoms with Crippen molar-refractivity contribution in [1.29, 1.82) is 0 Å². The minimum atomic E-state index is -0.279. The topological polar surface area (TPSA) is 46.3 Å². The number of aryl methyl sites for hydroxylation is 1. The molecule has 16 heavy (non-hydrogen) atoms. The number of fused-ring (bicyclic) bond motifs is 1. The van der Waals surface area contributed by atoms with Gasteiger partial charge in [-0.2, -0.15) is 0 Å². The number of carbonyl (C=O) groups excluding carboxylic acids is 1. The number of hydrogen-bond donors (Lipinski definition) is 1. The molecule has 84 valence electrons. The van der Waals surface area contributed by atoms with Gasteiger partial charge in [-0.05, 0) is 24.8 Å². The molecule has 1 aliphatic heterocycles. The van der Waals surface area contributed by atoms with Crippen LogP contribution in [0.25, 0.3) is 0 Å². The van der Waals surface area contributed by atoms with E-state index in [1.54, 1.807) is 4.90 Å². The highest BCUT2D eigenvalue weighted by molar-refractivity contribution is 5.73. The van der Waals surface area contributed by atoms with Gasteiger partial charge < -0.3 is 10.6 Å². The molecule has 2 atom stereocenters. The van der Waals surface area contributed by atoms with E-state index in [1.807, 2.05) is 0 Å². The first-order valence-corrected chi connectivity index (χ1v) is 5.73. The molecule has 1 heterocycles. The molecule has 3 heteroatoms. The SMILES string of the molecule is Cc1ccc([C@@]23C[C@@H]2CN(C(N)=O)C3)cc1. The van der Waals surface area contributed by atoms with Gasteiger partial charge in [0.15, 0.2) is 0 Å². The molecule has 3 nitrogen and oxygen atoms in total. The molecule has 2 amide bonds.